The van der Waals surface area contributed by atoms with Crippen LogP contribution in [0.3, 0.4) is 0 Å². The highest BCUT2D eigenvalue weighted by Crippen LogP contribution is 2.37. The number of hydrogen-bond donors (Lipinski definition) is 2. The van der Waals surface area contributed by atoms with Crippen LogP contribution in [0.1, 0.15) is 18.4 Å². The highest BCUT2D eigenvalue weighted by atomic mass is 32.2. The maximum Gasteiger partial charge on any atom is 0.422 e. The van der Waals surface area contributed by atoms with Gasteiger partial charge in [0.15, 0.2) is 11.5 Å². The van der Waals surface area contributed by atoms with Crippen molar-refractivity contribution in [2.24, 2.45) is 5.14 Å². The van der Waals surface area contributed by atoms with Crippen molar-refractivity contribution in [3.63, 3.8) is 0 Å². The first-order chi connectivity index (χ1) is 16.6. The normalized spacial score (nSPS) is 14.2. The van der Waals surface area contributed by atoms with Gasteiger partial charge in [-0.25, -0.2) is 9.93 Å². The Labute approximate surface area is 202 Å². The van der Waals surface area contributed by atoms with Crippen LogP contribution in [0.15, 0.2) is 18.3 Å². The molecule has 0 atom stereocenters. The molecule has 35 heavy (non-hydrogen) atoms. The molecule has 0 aliphatic carbocycles. The van der Waals surface area contributed by atoms with E-state index in [-0.39, 0.29) is 10.7 Å². The van der Waals surface area contributed by atoms with Gasteiger partial charge in [-0.15, -0.1) is 0 Å². The molecule has 3 N–H and O–H groups in total. The third kappa shape index (κ3) is 5.64. The fourth-order valence-corrected chi connectivity index (χ4v) is 4.57. The van der Waals surface area contributed by atoms with E-state index in [1.54, 1.807) is 17.0 Å². The van der Waals surface area contributed by atoms with Crippen molar-refractivity contribution in [2.45, 2.75) is 12.8 Å². The van der Waals surface area contributed by atoms with Crippen LogP contribution in [0, 0.1) is 11.3 Å². The van der Waals surface area contributed by atoms with Gasteiger partial charge in [-0.2, -0.15) is 18.0 Å². The minimum absolute atomic E-state index is 0.0407. The van der Waals surface area contributed by atoms with Crippen LogP contribution in [0.5, 0.6) is 11.5 Å². The molecule has 1 aliphatic rings. The van der Waals surface area contributed by atoms with E-state index in [1.807, 2.05) is 4.90 Å². The molecule has 1 fully saturated rings. The van der Waals surface area contributed by atoms with Gasteiger partial charge in [0.05, 0.1) is 37.5 Å². The molecule has 2 heterocycles. The molecule has 1 saturated heterocycles. The van der Waals surface area contributed by atoms with Gasteiger partial charge in [-0.1, -0.05) is 0 Å². The number of pyridine rings is 1. The van der Waals surface area contributed by atoms with Crippen molar-refractivity contribution < 1.29 is 32.6 Å². The first-order valence-corrected chi connectivity index (χ1v) is 12.1. The Morgan fingerprint density at radius 1 is 1.20 bits per heavy atom. The second-order valence-corrected chi connectivity index (χ2v) is 9.20. The number of carboxylic acid groups (broad SMARTS) is 1. The Morgan fingerprint density at radius 2 is 1.89 bits per heavy atom. The summed E-state index contributed by atoms with van der Waals surface area (Å²) in [6, 6.07) is 5.67. The molecule has 0 radical (unpaired) electrons. The van der Waals surface area contributed by atoms with E-state index in [0.29, 0.717) is 66.3 Å². The average molecular weight is 507 g/mol. The number of ether oxygens (including phenoxy) is 2. The number of nitrogens with zero attached hydrogens (tertiary/aromatic N) is 5. The third-order valence-electron chi connectivity index (χ3n) is 5.68. The van der Waals surface area contributed by atoms with Crippen LogP contribution < -0.4 is 19.5 Å². The van der Waals surface area contributed by atoms with Gasteiger partial charge in [0.2, 0.25) is 5.91 Å². The summed E-state index contributed by atoms with van der Waals surface area (Å²) in [7, 11) is -1.45. The molecule has 13 nitrogen and oxygen atoms in total. The molecule has 188 valence electrons. The molecule has 1 aromatic heterocycles. The van der Waals surface area contributed by atoms with Crippen molar-refractivity contribution in [3.05, 3.63) is 23.9 Å². The zero-order valence-corrected chi connectivity index (χ0v) is 20.1. The molecule has 14 heteroatoms. The van der Waals surface area contributed by atoms with E-state index in [1.165, 1.54) is 20.4 Å². The summed E-state index contributed by atoms with van der Waals surface area (Å²) in [5.41, 5.74) is 1.65. The fraction of sp³-hybridized carbons (Fsp3) is 0.429. The van der Waals surface area contributed by atoms with E-state index in [2.05, 4.69) is 11.1 Å². The summed E-state index contributed by atoms with van der Waals surface area (Å²) in [5, 5.41) is 24.4. The Bertz CT molecular complexity index is 1280. The summed E-state index contributed by atoms with van der Waals surface area (Å²) < 4.78 is 33.6. The molecular weight excluding hydrogens is 480 g/mol. The first kappa shape index (κ1) is 25.8. The number of nitrogens with two attached hydrogens (primary N) is 1. The summed E-state index contributed by atoms with van der Waals surface area (Å²) >= 11 is 0. The van der Waals surface area contributed by atoms with Crippen LogP contribution in [0.2, 0.25) is 0 Å². The van der Waals surface area contributed by atoms with Gasteiger partial charge in [0.1, 0.15) is 6.07 Å². The number of carbonyl (C=O) groups is 2. The summed E-state index contributed by atoms with van der Waals surface area (Å²) in [6.45, 7) is 1.06. The number of aromatic nitrogens is 1. The molecule has 3 rings (SSSR count). The van der Waals surface area contributed by atoms with Crippen LogP contribution in [-0.2, 0) is 15.0 Å². The number of hydrogen-bond acceptors (Lipinski definition) is 9. The van der Waals surface area contributed by atoms with Crippen molar-refractivity contribution in [1.82, 2.24) is 14.2 Å². The summed E-state index contributed by atoms with van der Waals surface area (Å²) in [5.74, 6) is 0.599. The lowest BCUT2D eigenvalue weighted by Gasteiger charge is -2.26. The van der Waals surface area contributed by atoms with Crippen LogP contribution in [0.4, 0.5) is 10.5 Å². The lowest BCUT2D eigenvalue weighted by molar-refractivity contribution is -0.131. The number of anilines is 1. The topological polar surface area (TPSA) is 179 Å². The minimum atomic E-state index is -4.48. The smallest absolute Gasteiger partial charge is 0.422 e. The highest BCUT2D eigenvalue weighted by molar-refractivity contribution is 7.87. The van der Waals surface area contributed by atoms with E-state index < -0.39 is 28.8 Å². The Balaban J connectivity index is 1.82. The number of fused-ring (bicyclic) bond motifs is 1. The molecule has 0 spiro atoms. The van der Waals surface area contributed by atoms with Gasteiger partial charge < -0.3 is 24.4 Å². The highest BCUT2D eigenvalue weighted by Gasteiger charge is 2.27. The number of carbonyl (C=O) groups excluding carboxylic acids is 1. The van der Waals surface area contributed by atoms with E-state index in [4.69, 9.17) is 19.7 Å². The molecule has 1 aromatic carbocycles. The minimum Gasteiger partial charge on any atom is -0.493 e. The van der Waals surface area contributed by atoms with Crippen LogP contribution >= 0.6 is 0 Å². The fourth-order valence-electron chi connectivity index (χ4n) is 4.01. The lowest BCUT2D eigenvalue weighted by Crippen LogP contribution is -2.43. The molecule has 2 amide bonds. The molecule has 0 saturated carbocycles. The van der Waals surface area contributed by atoms with Crippen molar-refractivity contribution in [3.8, 4) is 17.6 Å². The Morgan fingerprint density at radius 3 is 2.49 bits per heavy atom. The zero-order chi connectivity index (χ0) is 25.8. The quantitative estimate of drug-likeness (QED) is 0.544. The maximum absolute atomic E-state index is 12.7. The SMILES string of the molecule is COc1cc2ncc(C#N)c(N3CCCN(C(=O)CCN(C(=O)O)S(N)(=O)=O)CC3)c2cc1OC. The Hall–Kier alpha value is -3.83. The number of rotatable bonds is 7. The monoisotopic (exact) mass is 506 g/mol. The zero-order valence-electron chi connectivity index (χ0n) is 19.3. The predicted molar refractivity (Wildman–Crippen MR) is 125 cm³/mol. The average Bonchev–Trinajstić information content (AvgIpc) is 3.07. The molecule has 1 aliphatic heterocycles. The summed E-state index contributed by atoms with van der Waals surface area (Å²) in [6.07, 6.45) is -0.0131. The van der Waals surface area contributed by atoms with Gasteiger partial charge in [0, 0.05) is 50.2 Å². The van der Waals surface area contributed by atoms with Crippen LogP contribution in [-0.4, -0.2) is 86.7 Å². The Kier molecular flexibility index (Phi) is 7.82. The van der Waals surface area contributed by atoms with E-state index in [0.717, 1.165) is 0 Å². The summed E-state index contributed by atoms with van der Waals surface area (Å²) in [4.78, 5) is 31.7. The van der Waals surface area contributed by atoms with E-state index in [9.17, 15) is 23.3 Å². The lowest BCUT2D eigenvalue weighted by atomic mass is 10.1. The first-order valence-electron chi connectivity index (χ1n) is 10.6. The van der Waals surface area contributed by atoms with Crippen molar-refractivity contribution >= 4 is 38.8 Å². The second-order valence-electron chi connectivity index (χ2n) is 7.73. The number of benzene rings is 1. The standard InChI is InChI=1S/C21H26N6O7S/c1-33-17-10-15-16(11-18(17)34-2)24-13-14(12-22)20(15)26-6-3-5-25(8-9-26)19(28)4-7-27(21(29)30)35(23,31)32/h10-11,13H,3-9H2,1-2H3,(H,29,30)(H2,23,31,32). The molecule has 0 bridgehead atoms. The van der Waals surface area contributed by atoms with Gasteiger partial charge in [0.25, 0.3) is 0 Å². The maximum atomic E-state index is 12.7. The second kappa shape index (κ2) is 10.6. The molecule has 0 unspecified atom stereocenters. The largest absolute Gasteiger partial charge is 0.493 e. The van der Waals surface area contributed by atoms with E-state index >= 15 is 0 Å². The van der Waals surface area contributed by atoms with Crippen molar-refractivity contribution in [2.75, 3.05) is 51.8 Å². The number of amides is 2. The van der Waals surface area contributed by atoms with Crippen molar-refractivity contribution in [1.29, 1.82) is 5.26 Å². The third-order valence-corrected chi connectivity index (χ3v) is 6.63. The van der Waals surface area contributed by atoms with Gasteiger partial charge in [-0.05, 0) is 12.5 Å². The van der Waals surface area contributed by atoms with Crippen LogP contribution in [0.25, 0.3) is 10.9 Å². The molecule has 2 aromatic rings. The van der Waals surface area contributed by atoms with Gasteiger partial charge in [-0.3, -0.25) is 9.78 Å². The predicted octanol–water partition coefficient (Wildman–Crippen LogP) is 0.736. The molecular formula is C21H26N6O7S. The number of nitriles is 1. The number of methoxy groups -OCH3 is 2. The van der Waals surface area contributed by atoms with Gasteiger partial charge >= 0.3 is 16.3 Å².